The first-order valence-corrected chi connectivity index (χ1v) is 7.17. The second kappa shape index (κ2) is 5.40. The van der Waals surface area contributed by atoms with E-state index in [9.17, 15) is 5.11 Å². The standard InChI is InChI=1S/C14H20BrNO/c1-3-8-16(12-5-6-12)14-9-11(15)4-7-13(14)10(2)17/h4,7,9-10,12,17H,3,5-6,8H2,1-2H3. The minimum Gasteiger partial charge on any atom is -0.389 e. The minimum absolute atomic E-state index is 0.406. The van der Waals surface area contributed by atoms with Crippen LogP contribution in [0, 0.1) is 0 Å². The summed E-state index contributed by atoms with van der Waals surface area (Å²) in [5, 5.41) is 9.87. The van der Waals surface area contributed by atoms with Crippen LogP contribution in [0.1, 0.15) is 44.8 Å². The molecule has 1 aliphatic rings. The van der Waals surface area contributed by atoms with Crippen molar-refractivity contribution in [2.24, 2.45) is 0 Å². The molecule has 1 fully saturated rings. The van der Waals surface area contributed by atoms with Crippen molar-refractivity contribution in [2.45, 2.75) is 45.3 Å². The maximum atomic E-state index is 9.87. The molecule has 0 aliphatic heterocycles. The molecule has 0 bridgehead atoms. The van der Waals surface area contributed by atoms with Gasteiger partial charge in [-0.3, -0.25) is 0 Å². The van der Waals surface area contributed by atoms with Crippen molar-refractivity contribution in [3.8, 4) is 0 Å². The normalized spacial score (nSPS) is 16.9. The lowest BCUT2D eigenvalue weighted by Gasteiger charge is -2.28. The van der Waals surface area contributed by atoms with E-state index >= 15 is 0 Å². The van der Waals surface area contributed by atoms with Gasteiger partial charge in [0.25, 0.3) is 0 Å². The summed E-state index contributed by atoms with van der Waals surface area (Å²) in [5.41, 5.74) is 2.23. The first kappa shape index (κ1) is 12.9. The van der Waals surface area contributed by atoms with Crippen molar-refractivity contribution < 1.29 is 5.11 Å². The molecule has 0 amide bonds. The zero-order valence-corrected chi connectivity index (χ0v) is 12.1. The molecule has 1 atom stereocenters. The number of anilines is 1. The van der Waals surface area contributed by atoms with Crippen LogP contribution in [-0.2, 0) is 0 Å². The second-order valence-corrected chi connectivity index (χ2v) is 5.72. The minimum atomic E-state index is -0.406. The topological polar surface area (TPSA) is 23.5 Å². The van der Waals surface area contributed by atoms with Gasteiger partial charge in [-0.1, -0.05) is 28.9 Å². The van der Waals surface area contributed by atoms with E-state index in [-0.39, 0.29) is 0 Å². The van der Waals surface area contributed by atoms with Crippen molar-refractivity contribution >= 4 is 21.6 Å². The van der Waals surface area contributed by atoms with Crippen molar-refractivity contribution in [1.82, 2.24) is 0 Å². The Hall–Kier alpha value is -0.540. The predicted octanol–water partition coefficient (Wildman–Crippen LogP) is 3.88. The van der Waals surface area contributed by atoms with Crippen LogP contribution in [0.4, 0.5) is 5.69 Å². The third-order valence-corrected chi connectivity index (χ3v) is 3.70. The fraction of sp³-hybridized carbons (Fsp3) is 0.571. The molecule has 3 heteroatoms. The Bertz CT molecular complexity index is 388. The van der Waals surface area contributed by atoms with Crippen LogP contribution in [-0.4, -0.2) is 17.7 Å². The molecule has 17 heavy (non-hydrogen) atoms. The summed E-state index contributed by atoms with van der Waals surface area (Å²) < 4.78 is 1.08. The number of halogens is 1. The number of rotatable bonds is 5. The van der Waals surface area contributed by atoms with E-state index in [1.807, 2.05) is 19.1 Å². The van der Waals surface area contributed by atoms with E-state index in [1.165, 1.54) is 18.5 Å². The maximum Gasteiger partial charge on any atom is 0.0782 e. The lowest BCUT2D eigenvalue weighted by Crippen LogP contribution is -2.27. The van der Waals surface area contributed by atoms with Gasteiger partial charge in [0, 0.05) is 28.3 Å². The Morgan fingerprint density at radius 2 is 2.18 bits per heavy atom. The highest BCUT2D eigenvalue weighted by molar-refractivity contribution is 9.10. The number of benzene rings is 1. The van der Waals surface area contributed by atoms with Gasteiger partial charge in [0.05, 0.1) is 6.10 Å². The average Bonchev–Trinajstić information content (AvgIpc) is 3.09. The maximum absolute atomic E-state index is 9.87. The van der Waals surface area contributed by atoms with Gasteiger partial charge in [0.15, 0.2) is 0 Å². The lowest BCUT2D eigenvalue weighted by molar-refractivity contribution is 0.199. The van der Waals surface area contributed by atoms with Crippen molar-refractivity contribution in [3.63, 3.8) is 0 Å². The quantitative estimate of drug-likeness (QED) is 0.891. The highest BCUT2D eigenvalue weighted by Crippen LogP contribution is 2.37. The van der Waals surface area contributed by atoms with E-state index in [0.717, 1.165) is 23.0 Å². The third-order valence-electron chi connectivity index (χ3n) is 3.20. The molecular weight excluding hydrogens is 278 g/mol. The van der Waals surface area contributed by atoms with E-state index in [0.29, 0.717) is 6.04 Å². The molecular formula is C14H20BrNO. The highest BCUT2D eigenvalue weighted by Gasteiger charge is 2.30. The molecule has 1 N–H and O–H groups in total. The third kappa shape index (κ3) is 3.02. The van der Waals surface area contributed by atoms with Gasteiger partial charge < -0.3 is 10.0 Å². The predicted molar refractivity (Wildman–Crippen MR) is 75.4 cm³/mol. The second-order valence-electron chi connectivity index (χ2n) is 4.80. The summed E-state index contributed by atoms with van der Waals surface area (Å²) in [6.07, 6.45) is 3.30. The fourth-order valence-electron chi connectivity index (χ4n) is 2.25. The first-order valence-electron chi connectivity index (χ1n) is 6.37. The number of aliphatic hydroxyl groups is 1. The highest BCUT2D eigenvalue weighted by atomic mass is 79.9. The summed E-state index contributed by atoms with van der Waals surface area (Å²) in [6, 6.07) is 6.84. The van der Waals surface area contributed by atoms with Gasteiger partial charge >= 0.3 is 0 Å². The zero-order valence-electron chi connectivity index (χ0n) is 10.5. The number of aliphatic hydroxyl groups excluding tert-OH is 1. The molecule has 94 valence electrons. The molecule has 0 radical (unpaired) electrons. The smallest absolute Gasteiger partial charge is 0.0782 e. The summed E-state index contributed by atoms with van der Waals surface area (Å²) in [5.74, 6) is 0. The van der Waals surface area contributed by atoms with Crippen molar-refractivity contribution in [1.29, 1.82) is 0 Å². The zero-order chi connectivity index (χ0) is 12.4. The molecule has 1 aromatic rings. The Kier molecular flexibility index (Phi) is 4.10. The molecule has 0 heterocycles. The Balaban J connectivity index is 2.35. The summed E-state index contributed by atoms with van der Waals surface area (Å²) in [7, 11) is 0. The molecule has 0 spiro atoms. The molecule has 0 saturated heterocycles. The fourth-order valence-corrected chi connectivity index (χ4v) is 2.59. The van der Waals surface area contributed by atoms with Crippen LogP contribution >= 0.6 is 15.9 Å². The molecule has 1 aromatic carbocycles. The van der Waals surface area contributed by atoms with Gasteiger partial charge in [-0.15, -0.1) is 0 Å². The molecule has 1 unspecified atom stereocenters. The lowest BCUT2D eigenvalue weighted by atomic mass is 10.1. The van der Waals surface area contributed by atoms with Crippen LogP contribution < -0.4 is 4.90 Å². The van der Waals surface area contributed by atoms with Gasteiger partial charge in [0.2, 0.25) is 0 Å². The van der Waals surface area contributed by atoms with Crippen molar-refractivity contribution in [3.05, 3.63) is 28.2 Å². The largest absolute Gasteiger partial charge is 0.389 e. The van der Waals surface area contributed by atoms with E-state index < -0.39 is 6.10 Å². The van der Waals surface area contributed by atoms with Gasteiger partial charge in [-0.25, -0.2) is 0 Å². The van der Waals surface area contributed by atoms with Crippen LogP contribution in [0.3, 0.4) is 0 Å². The molecule has 1 aliphatic carbocycles. The van der Waals surface area contributed by atoms with Crippen LogP contribution in [0.25, 0.3) is 0 Å². The number of hydrogen-bond acceptors (Lipinski definition) is 2. The van der Waals surface area contributed by atoms with E-state index in [2.05, 4.69) is 33.8 Å². The van der Waals surface area contributed by atoms with Gasteiger partial charge in [-0.2, -0.15) is 0 Å². The SMILES string of the molecule is CCCN(c1cc(Br)ccc1C(C)O)C1CC1. The Morgan fingerprint density at radius 3 is 2.71 bits per heavy atom. The average molecular weight is 298 g/mol. The Morgan fingerprint density at radius 1 is 1.47 bits per heavy atom. The van der Waals surface area contributed by atoms with E-state index in [1.54, 1.807) is 0 Å². The van der Waals surface area contributed by atoms with Gasteiger partial charge in [-0.05, 0) is 38.3 Å². The molecule has 2 rings (SSSR count). The van der Waals surface area contributed by atoms with Gasteiger partial charge in [0.1, 0.15) is 0 Å². The summed E-state index contributed by atoms with van der Waals surface area (Å²) >= 11 is 3.53. The van der Waals surface area contributed by atoms with E-state index in [4.69, 9.17) is 0 Å². The number of hydrogen-bond donors (Lipinski definition) is 1. The van der Waals surface area contributed by atoms with Crippen LogP contribution in [0.15, 0.2) is 22.7 Å². The summed E-state index contributed by atoms with van der Waals surface area (Å²) in [4.78, 5) is 2.45. The van der Waals surface area contributed by atoms with Crippen LogP contribution in [0.5, 0.6) is 0 Å². The molecule has 0 aromatic heterocycles. The summed E-state index contributed by atoms with van der Waals surface area (Å²) in [6.45, 7) is 5.11. The monoisotopic (exact) mass is 297 g/mol. The number of nitrogens with zero attached hydrogens (tertiary/aromatic N) is 1. The van der Waals surface area contributed by atoms with Crippen molar-refractivity contribution in [2.75, 3.05) is 11.4 Å². The molecule has 1 saturated carbocycles. The Labute approximate surface area is 112 Å². The first-order chi connectivity index (χ1) is 8.13. The van der Waals surface area contributed by atoms with Crippen LogP contribution in [0.2, 0.25) is 0 Å². The molecule has 2 nitrogen and oxygen atoms in total.